The zero-order valence-electron chi connectivity index (χ0n) is 17.3. The third kappa shape index (κ3) is 3.77. The van der Waals surface area contributed by atoms with Gasteiger partial charge in [-0.15, -0.1) is 11.3 Å². The molecule has 1 atom stereocenters. The van der Waals surface area contributed by atoms with Gasteiger partial charge in [-0.05, 0) is 49.7 Å². The third-order valence-corrected chi connectivity index (χ3v) is 6.90. The van der Waals surface area contributed by atoms with Crippen molar-refractivity contribution in [3.05, 3.63) is 79.8 Å². The Bertz CT molecular complexity index is 1250. The Labute approximate surface area is 198 Å². The van der Waals surface area contributed by atoms with E-state index in [2.05, 4.69) is 4.98 Å². The van der Waals surface area contributed by atoms with Crippen molar-refractivity contribution in [3.8, 4) is 5.75 Å². The van der Waals surface area contributed by atoms with Crippen molar-refractivity contribution in [3.63, 3.8) is 0 Å². The average molecular weight is 489 g/mol. The van der Waals surface area contributed by atoms with E-state index in [9.17, 15) is 14.7 Å². The number of rotatable bonds is 4. The Kier molecular flexibility index (Phi) is 5.99. The average Bonchev–Trinajstić information content (AvgIpc) is 3.23. The first-order valence-corrected chi connectivity index (χ1v) is 11.1. The number of hydrogen-bond donors (Lipinski definition) is 1. The zero-order chi connectivity index (χ0) is 23.2. The first kappa shape index (κ1) is 22.3. The van der Waals surface area contributed by atoms with E-state index in [1.54, 1.807) is 36.4 Å². The molecule has 6 nitrogen and oxygen atoms in total. The summed E-state index contributed by atoms with van der Waals surface area (Å²) in [5.41, 5.74) is 1.62. The van der Waals surface area contributed by atoms with Gasteiger partial charge in [0.1, 0.15) is 11.5 Å². The molecule has 0 aliphatic carbocycles. The van der Waals surface area contributed by atoms with Crippen LogP contribution in [0.2, 0.25) is 10.0 Å². The summed E-state index contributed by atoms with van der Waals surface area (Å²) < 4.78 is 5.16. The Morgan fingerprint density at radius 1 is 1.12 bits per heavy atom. The zero-order valence-corrected chi connectivity index (χ0v) is 19.7. The topological polar surface area (TPSA) is 79.7 Å². The van der Waals surface area contributed by atoms with Gasteiger partial charge in [-0.3, -0.25) is 14.5 Å². The van der Waals surface area contributed by atoms with E-state index in [4.69, 9.17) is 27.9 Å². The molecule has 1 aromatic heterocycles. The number of aromatic nitrogens is 1. The normalized spacial score (nSPS) is 17.8. The summed E-state index contributed by atoms with van der Waals surface area (Å²) in [4.78, 5) is 33.0. The Hall–Kier alpha value is -2.87. The third-order valence-electron chi connectivity index (χ3n) is 5.28. The van der Waals surface area contributed by atoms with Crippen LogP contribution in [0.1, 0.15) is 27.7 Å². The number of thiazole rings is 1. The maximum atomic E-state index is 13.1. The highest BCUT2D eigenvalue weighted by Gasteiger charge is 2.48. The minimum atomic E-state index is -0.877. The minimum absolute atomic E-state index is 0.0518. The van der Waals surface area contributed by atoms with Crippen LogP contribution in [0, 0.1) is 13.8 Å². The molecule has 1 aliphatic rings. The molecule has 164 valence electrons. The number of carbonyl (C=O) groups is 2. The number of ketones is 1. The van der Waals surface area contributed by atoms with Gasteiger partial charge in [-0.1, -0.05) is 35.3 Å². The standard InChI is InChI=1S/C23H18Cl2N2O4S/c1-11-12(2)32-23(26-11)27-19(13-4-7-15(24)8-5-13)18(21(29)22(27)30)20(28)14-6-9-17(31-3)16(25)10-14/h4-10,19,28H,1-3H3. The highest BCUT2D eigenvalue weighted by atomic mass is 35.5. The van der Waals surface area contributed by atoms with E-state index in [-0.39, 0.29) is 16.4 Å². The molecule has 1 N–H and O–H groups in total. The van der Waals surface area contributed by atoms with Gasteiger partial charge in [-0.25, -0.2) is 4.98 Å². The van der Waals surface area contributed by atoms with Gasteiger partial charge < -0.3 is 9.84 Å². The smallest absolute Gasteiger partial charge is 0.301 e. The lowest BCUT2D eigenvalue weighted by Crippen LogP contribution is -2.29. The lowest BCUT2D eigenvalue weighted by atomic mass is 9.95. The molecule has 1 unspecified atom stereocenters. The van der Waals surface area contributed by atoms with Crippen LogP contribution >= 0.6 is 34.5 Å². The monoisotopic (exact) mass is 488 g/mol. The summed E-state index contributed by atoms with van der Waals surface area (Å²) in [6.07, 6.45) is 0. The summed E-state index contributed by atoms with van der Waals surface area (Å²) in [5.74, 6) is -1.48. The Balaban J connectivity index is 1.94. The van der Waals surface area contributed by atoms with Gasteiger partial charge in [-0.2, -0.15) is 0 Å². The Morgan fingerprint density at radius 2 is 1.81 bits per heavy atom. The van der Waals surface area contributed by atoms with Gasteiger partial charge in [0.25, 0.3) is 5.78 Å². The molecule has 2 heterocycles. The first-order chi connectivity index (χ1) is 15.2. The Morgan fingerprint density at radius 3 is 2.38 bits per heavy atom. The molecule has 3 aromatic rings. The second kappa shape index (κ2) is 8.58. The van der Waals surface area contributed by atoms with Crippen LogP contribution < -0.4 is 9.64 Å². The summed E-state index contributed by atoms with van der Waals surface area (Å²) in [6.45, 7) is 3.73. The van der Waals surface area contributed by atoms with E-state index in [1.807, 2.05) is 13.8 Å². The fourth-order valence-corrected chi connectivity index (χ4v) is 4.84. The number of halogens is 2. The number of aliphatic hydroxyl groups is 1. The number of anilines is 1. The molecule has 0 spiro atoms. The maximum Gasteiger partial charge on any atom is 0.301 e. The lowest BCUT2D eigenvalue weighted by Gasteiger charge is -2.23. The molecule has 1 amide bonds. The van der Waals surface area contributed by atoms with Crippen LogP contribution in [-0.2, 0) is 9.59 Å². The molecular weight excluding hydrogens is 471 g/mol. The number of aliphatic hydroxyl groups excluding tert-OH is 1. The number of hydrogen-bond acceptors (Lipinski definition) is 6. The summed E-state index contributed by atoms with van der Waals surface area (Å²) in [7, 11) is 1.48. The van der Waals surface area contributed by atoms with Crippen molar-refractivity contribution in [1.29, 1.82) is 0 Å². The molecule has 0 bridgehead atoms. The molecule has 32 heavy (non-hydrogen) atoms. The van der Waals surface area contributed by atoms with E-state index < -0.39 is 17.7 Å². The second-order valence-corrected chi connectivity index (χ2v) is 9.23. The molecule has 4 rings (SSSR count). The molecule has 2 aromatic carbocycles. The number of benzene rings is 2. The summed E-state index contributed by atoms with van der Waals surface area (Å²) in [5, 5.41) is 12.3. The predicted octanol–water partition coefficient (Wildman–Crippen LogP) is 5.70. The highest BCUT2D eigenvalue weighted by Crippen LogP contribution is 2.44. The highest BCUT2D eigenvalue weighted by molar-refractivity contribution is 7.16. The van der Waals surface area contributed by atoms with E-state index in [1.165, 1.54) is 29.4 Å². The van der Waals surface area contributed by atoms with Crippen molar-refractivity contribution in [2.75, 3.05) is 12.0 Å². The molecule has 0 saturated carbocycles. The van der Waals surface area contributed by atoms with E-state index >= 15 is 0 Å². The number of Topliss-reactive ketones (excluding diaryl/α,β-unsaturated/α-hetero) is 1. The van der Waals surface area contributed by atoms with Crippen LogP contribution in [0.4, 0.5) is 5.13 Å². The number of amides is 1. The molecule has 0 radical (unpaired) electrons. The van der Waals surface area contributed by atoms with E-state index in [0.717, 1.165) is 10.6 Å². The van der Waals surface area contributed by atoms with Crippen LogP contribution in [0.25, 0.3) is 5.76 Å². The van der Waals surface area contributed by atoms with E-state index in [0.29, 0.717) is 27.0 Å². The van der Waals surface area contributed by atoms with Crippen LogP contribution in [-0.4, -0.2) is 28.9 Å². The number of ether oxygens (including phenoxy) is 1. The molecule has 1 fully saturated rings. The van der Waals surface area contributed by atoms with Crippen LogP contribution in [0.3, 0.4) is 0 Å². The molecular formula is C23H18Cl2N2O4S. The number of nitrogens with zero attached hydrogens (tertiary/aromatic N) is 2. The lowest BCUT2D eigenvalue weighted by molar-refractivity contribution is -0.132. The van der Waals surface area contributed by atoms with Gasteiger partial charge in [0.15, 0.2) is 5.13 Å². The first-order valence-electron chi connectivity index (χ1n) is 9.57. The van der Waals surface area contributed by atoms with Crippen LogP contribution in [0.15, 0.2) is 48.0 Å². The fourth-order valence-electron chi connectivity index (χ4n) is 3.52. The SMILES string of the molecule is COc1ccc(C(O)=C2C(=O)C(=O)N(c3nc(C)c(C)s3)C2c2ccc(Cl)cc2)cc1Cl. The number of aryl methyl sites for hydroxylation is 2. The van der Waals surface area contributed by atoms with Gasteiger partial charge >= 0.3 is 5.91 Å². The maximum absolute atomic E-state index is 13.1. The number of methoxy groups -OCH3 is 1. The predicted molar refractivity (Wildman–Crippen MR) is 126 cm³/mol. The van der Waals surface area contributed by atoms with Gasteiger partial charge in [0.05, 0.1) is 29.4 Å². The van der Waals surface area contributed by atoms with Crippen molar-refractivity contribution in [2.24, 2.45) is 0 Å². The largest absolute Gasteiger partial charge is 0.507 e. The van der Waals surface area contributed by atoms with Crippen molar-refractivity contribution < 1.29 is 19.4 Å². The second-order valence-electron chi connectivity index (χ2n) is 7.21. The van der Waals surface area contributed by atoms with Crippen LogP contribution in [0.5, 0.6) is 5.75 Å². The van der Waals surface area contributed by atoms with Crippen molar-refractivity contribution in [1.82, 2.24) is 4.98 Å². The fraction of sp³-hybridized carbons (Fsp3) is 0.174. The molecule has 1 aliphatic heterocycles. The van der Waals surface area contributed by atoms with Gasteiger partial charge in [0.2, 0.25) is 0 Å². The van der Waals surface area contributed by atoms with Crippen molar-refractivity contribution in [2.45, 2.75) is 19.9 Å². The summed E-state index contributed by atoms with van der Waals surface area (Å²) in [6, 6.07) is 10.5. The minimum Gasteiger partial charge on any atom is -0.507 e. The van der Waals surface area contributed by atoms with Crippen molar-refractivity contribution >= 4 is 57.1 Å². The summed E-state index contributed by atoms with van der Waals surface area (Å²) >= 11 is 13.6. The molecule has 1 saturated heterocycles. The van der Waals surface area contributed by atoms with Gasteiger partial charge in [0, 0.05) is 15.5 Å². The molecule has 9 heteroatoms. The quantitative estimate of drug-likeness (QED) is 0.289. The number of carbonyl (C=O) groups excluding carboxylic acids is 2.